The van der Waals surface area contributed by atoms with Crippen molar-refractivity contribution in [2.75, 3.05) is 12.4 Å². The van der Waals surface area contributed by atoms with Gasteiger partial charge in [0.05, 0.1) is 22.9 Å². The Morgan fingerprint density at radius 3 is 2.45 bits per heavy atom. The summed E-state index contributed by atoms with van der Waals surface area (Å²) >= 11 is 1.66. The van der Waals surface area contributed by atoms with E-state index in [1.54, 1.807) is 41.7 Å². The van der Waals surface area contributed by atoms with Crippen LogP contribution in [0.3, 0.4) is 0 Å². The molecule has 154 valence electrons. The predicted octanol–water partition coefficient (Wildman–Crippen LogP) is 5.71. The molecular weight excluding hydrogens is 408 g/mol. The lowest BCUT2D eigenvalue weighted by molar-refractivity contribution is -0.111. The molecule has 6 heteroatoms. The van der Waals surface area contributed by atoms with Gasteiger partial charge in [-0.1, -0.05) is 18.2 Å². The lowest BCUT2D eigenvalue weighted by Gasteiger charge is -2.03. The highest BCUT2D eigenvalue weighted by Gasteiger charge is 2.07. The lowest BCUT2D eigenvalue weighted by Crippen LogP contribution is -2.07. The molecule has 4 rings (SSSR count). The summed E-state index contributed by atoms with van der Waals surface area (Å²) in [6.45, 7) is 2.07. The molecule has 1 amide bonds. The van der Waals surface area contributed by atoms with Crippen LogP contribution in [0.5, 0.6) is 0 Å². The first-order chi connectivity index (χ1) is 15.0. The molecule has 0 saturated heterocycles. The highest BCUT2D eigenvalue weighted by molar-refractivity contribution is 7.21. The average Bonchev–Trinajstić information content (AvgIpc) is 3.21. The number of nitrogens with one attached hydrogen (secondary N) is 1. The number of benzene rings is 3. The molecule has 0 bridgehead atoms. The van der Waals surface area contributed by atoms with E-state index in [4.69, 9.17) is 4.98 Å². The van der Waals surface area contributed by atoms with Crippen LogP contribution < -0.4 is 5.32 Å². The molecule has 3 aromatic carbocycles. The minimum absolute atomic E-state index is 0.236. The molecule has 0 saturated carbocycles. The first-order valence-electron chi connectivity index (χ1n) is 9.67. The van der Waals surface area contributed by atoms with Crippen molar-refractivity contribution in [3.05, 3.63) is 89.5 Å². The van der Waals surface area contributed by atoms with Gasteiger partial charge in [0.2, 0.25) is 5.91 Å². The largest absolute Gasteiger partial charge is 0.465 e. The van der Waals surface area contributed by atoms with Crippen molar-refractivity contribution in [2.45, 2.75) is 6.92 Å². The van der Waals surface area contributed by atoms with Crippen LogP contribution >= 0.6 is 11.3 Å². The summed E-state index contributed by atoms with van der Waals surface area (Å²) in [7, 11) is 1.34. The number of thiazole rings is 1. The van der Waals surface area contributed by atoms with E-state index < -0.39 is 5.97 Å². The van der Waals surface area contributed by atoms with Crippen LogP contribution in [0.2, 0.25) is 0 Å². The molecule has 1 aromatic heterocycles. The molecule has 0 fully saturated rings. The highest BCUT2D eigenvalue weighted by atomic mass is 32.1. The molecule has 31 heavy (non-hydrogen) atoms. The van der Waals surface area contributed by atoms with Crippen molar-refractivity contribution >= 4 is 45.2 Å². The Morgan fingerprint density at radius 2 is 1.74 bits per heavy atom. The Balaban J connectivity index is 1.40. The zero-order valence-corrected chi connectivity index (χ0v) is 17.9. The molecule has 5 nitrogen and oxygen atoms in total. The van der Waals surface area contributed by atoms with Gasteiger partial charge in [-0.25, -0.2) is 9.78 Å². The third-order valence-corrected chi connectivity index (χ3v) is 5.77. The Bertz CT molecular complexity index is 1270. The normalized spacial score (nSPS) is 11.0. The van der Waals surface area contributed by atoms with E-state index in [9.17, 15) is 9.59 Å². The van der Waals surface area contributed by atoms with E-state index in [0.717, 1.165) is 26.4 Å². The number of fused-ring (bicyclic) bond motifs is 1. The quantitative estimate of drug-likeness (QED) is 0.327. The van der Waals surface area contributed by atoms with Crippen molar-refractivity contribution in [3.8, 4) is 10.6 Å². The summed E-state index contributed by atoms with van der Waals surface area (Å²) in [5.41, 5.74) is 5.20. The fraction of sp³-hybridized carbons (Fsp3) is 0.0800. The number of carbonyl (C=O) groups is 2. The zero-order chi connectivity index (χ0) is 21.8. The highest BCUT2D eigenvalue weighted by Crippen LogP contribution is 2.31. The predicted molar refractivity (Wildman–Crippen MR) is 125 cm³/mol. The maximum Gasteiger partial charge on any atom is 0.337 e. The maximum absolute atomic E-state index is 12.2. The van der Waals surface area contributed by atoms with E-state index in [1.807, 2.05) is 30.3 Å². The summed E-state index contributed by atoms with van der Waals surface area (Å²) in [4.78, 5) is 28.4. The smallest absolute Gasteiger partial charge is 0.337 e. The SMILES string of the molecule is COC(=O)c1ccc(C=CC(=O)Nc2ccc(-c3nc4ccc(C)cc4s3)cc2)cc1. The summed E-state index contributed by atoms with van der Waals surface area (Å²) < 4.78 is 5.84. The first kappa shape index (κ1) is 20.5. The Kier molecular flexibility index (Phi) is 5.91. The Hall–Kier alpha value is -3.77. The monoisotopic (exact) mass is 428 g/mol. The number of ether oxygens (including phenoxy) is 1. The number of hydrogen-bond acceptors (Lipinski definition) is 5. The summed E-state index contributed by atoms with van der Waals surface area (Å²) in [5.74, 6) is -0.627. The number of rotatable bonds is 5. The Labute approximate surface area is 184 Å². The summed E-state index contributed by atoms with van der Waals surface area (Å²) in [6, 6.07) is 20.7. The molecule has 0 aliphatic rings. The topological polar surface area (TPSA) is 68.3 Å². The standard InChI is InChI=1S/C25H20N2O3S/c1-16-3-13-21-22(15-16)31-24(27-21)18-9-11-20(12-10-18)26-23(28)14-6-17-4-7-19(8-5-17)25(29)30-2/h3-15H,1-2H3,(H,26,28). The van der Waals surface area contributed by atoms with Crippen LogP contribution in [0.1, 0.15) is 21.5 Å². The van der Waals surface area contributed by atoms with Gasteiger partial charge in [-0.2, -0.15) is 0 Å². The van der Waals surface area contributed by atoms with Crippen molar-refractivity contribution in [1.82, 2.24) is 4.98 Å². The van der Waals surface area contributed by atoms with Crippen molar-refractivity contribution < 1.29 is 14.3 Å². The maximum atomic E-state index is 12.2. The molecule has 0 radical (unpaired) electrons. The molecule has 0 aliphatic heterocycles. The second kappa shape index (κ2) is 8.93. The van der Waals surface area contributed by atoms with Crippen LogP contribution in [0.4, 0.5) is 5.69 Å². The Morgan fingerprint density at radius 1 is 1.00 bits per heavy atom. The summed E-state index contributed by atoms with van der Waals surface area (Å²) in [6.07, 6.45) is 3.14. The van der Waals surface area contributed by atoms with Gasteiger partial charge >= 0.3 is 5.97 Å². The molecule has 1 N–H and O–H groups in total. The van der Waals surface area contributed by atoms with Crippen molar-refractivity contribution in [1.29, 1.82) is 0 Å². The van der Waals surface area contributed by atoms with Gasteiger partial charge in [0, 0.05) is 17.3 Å². The first-order valence-corrected chi connectivity index (χ1v) is 10.5. The van der Waals surface area contributed by atoms with Crippen LogP contribution in [-0.4, -0.2) is 24.0 Å². The van der Waals surface area contributed by atoms with Crippen LogP contribution in [-0.2, 0) is 9.53 Å². The van der Waals surface area contributed by atoms with E-state index in [0.29, 0.717) is 11.3 Å². The third kappa shape index (κ3) is 4.87. The van der Waals surface area contributed by atoms with E-state index >= 15 is 0 Å². The molecule has 0 unspecified atom stereocenters. The van der Waals surface area contributed by atoms with Gasteiger partial charge in [0.1, 0.15) is 5.01 Å². The average molecular weight is 429 g/mol. The van der Waals surface area contributed by atoms with E-state index in [-0.39, 0.29) is 5.91 Å². The zero-order valence-electron chi connectivity index (χ0n) is 17.1. The van der Waals surface area contributed by atoms with Crippen LogP contribution in [0.25, 0.3) is 26.9 Å². The van der Waals surface area contributed by atoms with Gasteiger partial charge < -0.3 is 10.1 Å². The van der Waals surface area contributed by atoms with Gasteiger partial charge in [-0.15, -0.1) is 11.3 Å². The fourth-order valence-electron chi connectivity index (χ4n) is 3.06. The minimum atomic E-state index is -0.391. The number of methoxy groups -OCH3 is 1. The minimum Gasteiger partial charge on any atom is -0.465 e. The number of nitrogens with zero attached hydrogens (tertiary/aromatic N) is 1. The number of hydrogen-bond donors (Lipinski definition) is 1. The van der Waals surface area contributed by atoms with Crippen LogP contribution in [0, 0.1) is 6.92 Å². The second-order valence-corrected chi connectivity index (χ2v) is 8.03. The number of amides is 1. The molecular formula is C25H20N2O3S. The van der Waals surface area contributed by atoms with Gasteiger partial charge in [0.25, 0.3) is 0 Å². The lowest BCUT2D eigenvalue weighted by atomic mass is 10.1. The van der Waals surface area contributed by atoms with E-state index in [1.165, 1.54) is 18.7 Å². The van der Waals surface area contributed by atoms with Gasteiger partial charge in [-0.3, -0.25) is 4.79 Å². The summed E-state index contributed by atoms with van der Waals surface area (Å²) in [5, 5.41) is 3.80. The number of aryl methyl sites for hydroxylation is 1. The van der Waals surface area contributed by atoms with Gasteiger partial charge in [0.15, 0.2) is 0 Å². The number of carbonyl (C=O) groups excluding carboxylic acids is 2. The molecule has 0 aliphatic carbocycles. The molecule has 0 spiro atoms. The third-order valence-electron chi connectivity index (χ3n) is 4.70. The number of esters is 1. The van der Waals surface area contributed by atoms with Gasteiger partial charge in [-0.05, 0) is 72.7 Å². The molecule has 0 atom stereocenters. The fourth-order valence-corrected chi connectivity index (χ4v) is 4.12. The van der Waals surface area contributed by atoms with Crippen molar-refractivity contribution in [2.24, 2.45) is 0 Å². The molecule has 4 aromatic rings. The molecule has 1 heterocycles. The van der Waals surface area contributed by atoms with Crippen molar-refractivity contribution in [3.63, 3.8) is 0 Å². The van der Waals surface area contributed by atoms with Crippen LogP contribution in [0.15, 0.2) is 72.8 Å². The van der Waals surface area contributed by atoms with E-state index in [2.05, 4.69) is 29.1 Å². The number of anilines is 1. The second-order valence-electron chi connectivity index (χ2n) is 7.00. The number of aromatic nitrogens is 1.